The van der Waals surface area contributed by atoms with E-state index in [1.54, 1.807) is 18.4 Å². The first-order valence-corrected chi connectivity index (χ1v) is 7.66. The molecule has 0 aliphatic carbocycles. The highest BCUT2D eigenvalue weighted by Crippen LogP contribution is 2.20. The van der Waals surface area contributed by atoms with Crippen LogP contribution in [0.15, 0.2) is 53.1 Å². The third-order valence-corrected chi connectivity index (χ3v) is 3.96. The van der Waals surface area contributed by atoms with Crippen LogP contribution in [0.25, 0.3) is 0 Å². The summed E-state index contributed by atoms with van der Waals surface area (Å²) < 4.78 is 26.2. The molecule has 2 aromatic heterocycles. The number of ether oxygens (including phenoxy) is 1. The fraction of sp³-hybridized carbons (Fsp3) is 0.211. The van der Waals surface area contributed by atoms with Crippen LogP contribution in [-0.4, -0.2) is 17.0 Å². The molecular formula is C19H18FNO3. The number of aryl methyl sites for hydroxylation is 1. The lowest BCUT2D eigenvalue weighted by Crippen LogP contribution is -2.13. The number of hydrogen-bond acceptors (Lipinski definition) is 3. The van der Waals surface area contributed by atoms with E-state index in [1.807, 2.05) is 36.6 Å². The molecule has 0 spiro atoms. The van der Waals surface area contributed by atoms with Crippen molar-refractivity contribution < 1.29 is 18.3 Å². The normalized spacial score (nSPS) is 10.8. The standard InChI is InChI=1S/C19H18FNO3/c1-13-10-16(14(2)21(13)11-15-6-5-9-23-15)18(22)12-24-19-8-4-3-7-17(19)20/h3-10H,11-12H2,1-2H3. The zero-order valence-corrected chi connectivity index (χ0v) is 13.6. The van der Waals surface area contributed by atoms with Crippen molar-refractivity contribution in [2.45, 2.75) is 20.4 Å². The Labute approximate surface area is 139 Å². The molecule has 0 saturated carbocycles. The predicted octanol–water partition coefficient (Wildman–Crippen LogP) is 4.15. The smallest absolute Gasteiger partial charge is 0.202 e. The van der Waals surface area contributed by atoms with Crippen LogP contribution >= 0.6 is 0 Å². The molecule has 0 atom stereocenters. The molecule has 0 N–H and O–H groups in total. The Balaban J connectivity index is 1.74. The zero-order valence-electron chi connectivity index (χ0n) is 13.6. The highest BCUT2D eigenvalue weighted by Gasteiger charge is 2.17. The second kappa shape index (κ2) is 6.74. The predicted molar refractivity (Wildman–Crippen MR) is 87.9 cm³/mol. The second-order valence-electron chi connectivity index (χ2n) is 5.59. The summed E-state index contributed by atoms with van der Waals surface area (Å²) in [5, 5.41) is 0. The Kier molecular flexibility index (Phi) is 4.51. The maximum absolute atomic E-state index is 13.6. The molecule has 3 rings (SSSR count). The molecule has 2 heterocycles. The van der Waals surface area contributed by atoms with Gasteiger partial charge in [0, 0.05) is 17.0 Å². The number of furan rings is 1. The highest BCUT2D eigenvalue weighted by atomic mass is 19.1. The van der Waals surface area contributed by atoms with Crippen molar-refractivity contribution in [2.75, 3.05) is 6.61 Å². The van der Waals surface area contributed by atoms with Gasteiger partial charge in [0.15, 0.2) is 18.2 Å². The highest BCUT2D eigenvalue weighted by molar-refractivity contribution is 5.98. The van der Waals surface area contributed by atoms with Crippen LogP contribution in [0.4, 0.5) is 4.39 Å². The minimum atomic E-state index is -0.478. The summed E-state index contributed by atoms with van der Waals surface area (Å²) in [6.45, 7) is 4.18. The summed E-state index contributed by atoms with van der Waals surface area (Å²) in [5.74, 6) is 0.235. The van der Waals surface area contributed by atoms with E-state index in [2.05, 4.69) is 0 Å². The summed E-state index contributed by atoms with van der Waals surface area (Å²) >= 11 is 0. The summed E-state index contributed by atoms with van der Waals surface area (Å²) in [6.07, 6.45) is 1.62. The van der Waals surface area contributed by atoms with Crippen LogP contribution < -0.4 is 4.74 Å². The molecule has 0 fully saturated rings. The molecule has 0 bridgehead atoms. The molecule has 0 saturated heterocycles. The maximum Gasteiger partial charge on any atom is 0.202 e. The lowest BCUT2D eigenvalue weighted by atomic mass is 10.1. The minimum Gasteiger partial charge on any atom is -0.482 e. The van der Waals surface area contributed by atoms with E-state index in [4.69, 9.17) is 9.15 Å². The SMILES string of the molecule is Cc1cc(C(=O)COc2ccccc2F)c(C)n1Cc1ccco1. The number of halogens is 1. The number of ketones is 1. The molecule has 3 aromatic rings. The molecule has 0 unspecified atom stereocenters. The van der Waals surface area contributed by atoms with Crippen LogP contribution in [0.1, 0.15) is 27.5 Å². The van der Waals surface area contributed by atoms with Crippen molar-refractivity contribution in [3.8, 4) is 5.75 Å². The van der Waals surface area contributed by atoms with Crippen LogP contribution in [0.3, 0.4) is 0 Å². The van der Waals surface area contributed by atoms with E-state index in [1.165, 1.54) is 12.1 Å². The van der Waals surface area contributed by atoms with E-state index in [9.17, 15) is 9.18 Å². The number of para-hydroxylation sites is 1. The Bertz CT molecular complexity index is 850. The Morgan fingerprint density at radius 2 is 2.00 bits per heavy atom. The van der Waals surface area contributed by atoms with Gasteiger partial charge >= 0.3 is 0 Å². The van der Waals surface area contributed by atoms with Gasteiger partial charge in [-0.15, -0.1) is 0 Å². The van der Waals surface area contributed by atoms with Gasteiger partial charge in [0.1, 0.15) is 5.76 Å². The van der Waals surface area contributed by atoms with Gasteiger partial charge in [-0.25, -0.2) is 4.39 Å². The molecule has 4 nitrogen and oxygen atoms in total. The Morgan fingerprint density at radius 3 is 2.71 bits per heavy atom. The number of aromatic nitrogens is 1. The van der Waals surface area contributed by atoms with Gasteiger partial charge in [-0.05, 0) is 44.2 Å². The lowest BCUT2D eigenvalue weighted by Gasteiger charge is -2.08. The molecule has 0 amide bonds. The van der Waals surface area contributed by atoms with Gasteiger partial charge in [-0.1, -0.05) is 12.1 Å². The maximum atomic E-state index is 13.6. The van der Waals surface area contributed by atoms with E-state index in [0.29, 0.717) is 12.1 Å². The second-order valence-corrected chi connectivity index (χ2v) is 5.59. The third kappa shape index (κ3) is 3.25. The van der Waals surface area contributed by atoms with Crippen molar-refractivity contribution in [3.05, 3.63) is 77.3 Å². The molecular weight excluding hydrogens is 309 g/mol. The zero-order chi connectivity index (χ0) is 17.1. The molecule has 0 aliphatic heterocycles. The monoisotopic (exact) mass is 327 g/mol. The quantitative estimate of drug-likeness (QED) is 0.639. The Morgan fingerprint density at radius 1 is 1.21 bits per heavy atom. The van der Waals surface area contributed by atoms with Crippen molar-refractivity contribution in [1.29, 1.82) is 0 Å². The van der Waals surface area contributed by atoms with Crippen LogP contribution in [0.5, 0.6) is 5.75 Å². The number of Topliss-reactive ketones (excluding diaryl/α,β-unsaturated/α-hetero) is 1. The van der Waals surface area contributed by atoms with Crippen molar-refractivity contribution in [1.82, 2.24) is 4.57 Å². The third-order valence-electron chi connectivity index (χ3n) is 3.96. The van der Waals surface area contributed by atoms with E-state index in [0.717, 1.165) is 17.1 Å². The van der Waals surface area contributed by atoms with Crippen molar-refractivity contribution in [3.63, 3.8) is 0 Å². The van der Waals surface area contributed by atoms with Crippen molar-refractivity contribution in [2.24, 2.45) is 0 Å². The number of carbonyl (C=O) groups is 1. The van der Waals surface area contributed by atoms with Gasteiger partial charge in [0.25, 0.3) is 0 Å². The number of hydrogen-bond donors (Lipinski definition) is 0. The number of carbonyl (C=O) groups excluding carboxylic acids is 1. The molecule has 5 heteroatoms. The summed E-state index contributed by atoms with van der Waals surface area (Å²) in [5.41, 5.74) is 2.37. The van der Waals surface area contributed by atoms with Gasteiger partial charge in [0.2, 0.25) is 5.78 Å². The fourth-order valence-corrected chi connectivity index (χ4v) is 2.67. The number of rotatable bonds is 6. The van der Waals surface area contributed by atoms with Crippen LogP contribution in [0.2, 0.25) is 0 Å². The molecule has 24 heavy (non-hydrogen) atoms. The average molecular weight is 327 g/mol. The molecule has 124 valence electrons. The van der Waals surface area contributed by atoms with Gasteiger partial charge in [0.05, 0.1) is 12.8 Å². The van der Waals surface area contributed by atoms with E-state index >= 15 is 0 Å². The first kappa shape index (κ1) is 16.1. The van der Waals surface area contributed by atoms with Gasteiger partial charge in [-0.2, -0.15) is 0 Å². The summed E-state index contributed by atoms with van der Waals surface area (Å²) in [6, 6.07) is 11.6. The van der Waals surface area contributed by atoms with E-state index < -0.39 is 5.82 Å². The van der Waals surface area contributed by atoms with E-state index in [-0.39, 0.29) is 18.1 Å². The molecule has 0 radical (unpaired) electrons. The first-order chi connectivity index (χ1) is 11.6. The van der Waals surface area contributed by atoms with Crippen LogP contribution in [-0.2, 0) is 6.54 Å². The summed E-state index contributed by atoms with van der Waals surface area (Å²) in [7, 11) is 0. The Hall–Kier alpha value is -2.82. The molecule has 1 aromatic carbocycles. The first-order valence-electron chi connectivity index (χ1n) is 7.66. The minimum absolute atomic E-state index is 0.0789. The van der Waals surface area contributed by atoms with Gasteiger partial charge in [-0.3, -0.25) is 4.79 Å². The van der Waals surface area contributed by atoms with Gasteiger partial charge < -0.3 is 13.7 Å². The van der Waals surface area contributed by atoms with Crippen LogP contribution in [0, 0.1) is 19.7 Å². The topological polar surface area (TPSA) is 44.4 Å². The average Bonchev–Trinajstić information content (AvgIpc) is 3.17. The summed E-state index contributed by atoms with van der Waals surface area (Å²) in [4.78, 5) is 12.4. The molecule has 0 aliphatic rings. The van der Waals surface area contributed by atoms with Crippen molar-refractivity contribution >= 4 is 5.78 Å². The largest absolute Gasteiger partial charge is 0.482 e. The fourth-order valence-electron chi connectivity index (χ4n) is 2.67. The number of benzene rings is 1. The lowest BCUT2D eigenvalue weighted by molar-refractivity contribution is 0.0918. The number of nitrogens with zero attached hydrogens (tertiary/aromatic N) is 1.